The zero-order valence-corrected chi connectivity index (χ0v) is 14.7. The number of ether oxygens (including phenoxy) is 1. The van der Waals surface area contributed by atoms with E-state index < -0.39 is 0 Å². The van der Waals surface area contributed by atoms with Crippen molar-refractivity contribution in [1.29, 1.82) is 0 Å². The lowest BCUT2D eigenvalue weighted by Crippen LogP contribution is -2.22. The van der Waals surface area contributed by atoms with Crippen LogP contribution in [-0.2, 0) is 6.54 Å². The van der Waals surface area contributed by atoms with E-state index in [1.807, 2.05) is 42.6 Å². The maximum absolute atomic E-state index is 6.40. The molecule has 24 heavy (non-hydrogen) atoms. The van der Waals surface area contributed by atoms with Crippen LogP contribution in [0.3, 0.4) is 0 Å². The van der Waals surface area contributed by atoms with Gasteiger partial charge in [-0.15, -0.1) is 0 Å². The molecule has 0 saturated carbocycles. The molecule has 0 aliphatic rings. The fourth-order valence-corrected chi connectivity index (χ4v) is 2.77. The van der Waals surface area contributed by atoms with Gasteiger partial charge in [0.2, 0.25) is 0 Å². The van der Waals surface area contributed by atoms with Crippen molar-refractivity contribution in [2.45, 2.75) is 13.5 Å². The SMILES string of the molecule is CCN(Cc1cnc[nH]1)c1ccc(Oc2ccccc2Cl)c(Cl)c1. The zero-order chi connectivity index (χ0) is 16.9. The van der Waals surface area contributed by atoms with Crippen LogP contribution in [0.5, 0.6) is 11.5 Å². The highest BCUT2D eigenvalue weighted by Gasteiger charge is 2.11. The van der Waals surface area contributed by atoms with Crippen molar-refractivity contribution in [2.75, 3.05) is 11.4 Å². The van der Waals surface area contributed by atoms with Gasteiger partial charge in [0.05, 0.1) is 28.6 Å². The number of H-pyrrole nitrogens is 1. The molecule has 124 valence electrons. The molecule has 0 radical (unpaired) electrons. The van der Waals surface area contributed by atoms with Crippen molar-refractivity contribution in [3.05, 3.63) is 70.7 Å². The Balaban J connectivity index is 1.79. The summed E-state index contributed by atoms with van der Waals surface area (Å²) in [5, 5.41) is 1.09. The Morgan fingerprint density at radius 2 is 1.88 bits per heavy atom. The molecule has 1 N–H and O–H groups in total. The highest BCUT2D eigenvalue weighted by Crippen LogP contribution is 2.35. The van der Waals surface area contributed by atoms with Gasteiger partial charge in [0.1, 0.15) is 11.5 Å². The highest BCUT2D eigenvalue weighted by molar-refractivity contribution is 6.33. The van der Waals surface area contributed by atoms with Crippen molar-refractivity contribution < 1.29 is 4.74 Å². The molecule has 0 bridgehead atoms. The molecule has 3 aromatic rings. The summed E-state index contributed by atoms with van der Waals surface area (Å²) in [4.78, 5) is 9.35. The fraction of sp³-hybridized carbons (Fsp3) is 0.167. The van der Waals surface area contributed by atoms with Gasteiger partial charge in [-0.05, 0) is 37.3 Å². The lowest BCUT2D eigenvalue weighted by atomic mass is 10.2. The van der Waals surface area contributed by atoms with Crippen LogP contribution in [0, 0.1) is 0 Å². The molecule has 4 nitrogen and oxygen atoms in total. The molecule has 3 rings (SSSR count). The Morgan fingerprint density at radius 3 is 2.54 bits per heavy atom. The lowest BCUT2D eigenvalue weighted by Gasteiger charge is -2.23. The maximum Gasteiger partial charge on any atom is 0.146 e. The third kappa shape index (κ3) is 3.83. The number of hydrogen-bond acceptors (Lipinski definition) is 3. The van der Waals surface area contributed by atoms with Crippen LogP contribution in [0.25, 0.3) is 0 Å². The second-order valence-corrected chi connectivity index (χ2v) is 6.05. The number of nitrogens with one attached hydrogen (secondary N) is 1. The molecule has 0 spiro atoms. The second-order valence-electron chi connectivity index (χ2n) is 5.24. The highest BCUT2D eigenvalue weighted by atomic mass is 35.5. The average molecular weight is 362 g/mol. The summed E-state index contributed by atoms with van der Waals surface area (Å²) in [6, 6.07) is 13.1. The first-order chi connectivity index (χ1) is 11.7. The summed E-state index contributed by atoms with van der Waals surface area (Å²) in [5.74, 6) is 1.16. The summed E-state index contributed by atoms with van der Waals surface area (Å²) in [6.45, 7) is 3.68. The Morgan fingerprint density at radius 1 is 1.08 bits per heavy atom. The first-order valence-electron chi connectivity index (χ1n) is 7.61. The number of benzene rings is 2. The van der Waals surface area contributed by atoms with Crippen LogP contribution in [-0.4, -0.2) is 16.5 Å². The molecule has 2 aromatic carbocycles. The number of aromatic amines is 1. The monoisotopic (exact) mass is 361 g/mol. The van der Waals surface area contributed by atoms with Crippen LogP contribution in [0.1, 0.15) is 12.6 Å². The van der Waals surface area contributed by atoms with Gasteiger partial charge < -0.3 is 14.6 Å². The molecule has 0 unspecified atom stereocenters. The standard InChI is InChI=1S/C18H17Cl2N3O/c1-2-23(11-13-10-21-12-22-13)14-7-8-18(16(20)9-14)24-17-6-4-3-5-15(17)19/h3-10,12H,2,11H2,1H3,(H,21,22). The largest absolute Gasteiger partial charge is 0.454 e. The fourth-order valence-electron chi connectivity index (χ4n) is 2.38. The number of hydrogen-bond donors (Lipinski definition) is 1. The Bertz CT molecular complexity index is 806. The van der Waals surface area contributed by atoms with Crippen LogP contribution >= 0.6 is 23.2 Å². The van der Waals surface area contributed by atoms with Gasteiger partial charge in [0, 0.05) is 18.4 Å². The van der Waals surface area contributed by atoms with E-state index >= 15 is 0 Å². The zero-order valence-electron chi connectivity index (χ0n) is 13.2. The number of nitrogens with zero attached hydrogens (tertiary/aromatic N) is 2. The van der Waals surface area contributed by atoms with Crippen molar-refractivity contribution in [3.8, 4) is 11.5 Å². The Hall–Kier alpha value is -2.17. The number of halogens is 2. The minimum atomic E-state index is 0.537. The van der Waals surface area contributed by atoms with Gasteiger partial charge >= 0.3 is 0 Å². The van der Waals surface area contributed by atoms with Crippen molar-refractivity contribution in [2.24, 2.45) is 0 Å². The van der Waals surface area contributed by atoms with Gasteiger partial charge in [-0.1, -0.05) is 35.3 Å². The van der Waals surface area contributed by atoms with E-state index in [9.17, 15) is 0 Å². The first-order valence-corrected chi connectivity index (χ1v) is 8.37. The van der Waals surface area contributed by atoms with E-state index in [2.05, 4.69) is 21.8 Å². The lowest BCUT2D eigenvalue weighted by molar-refractivity contribution is 0.483. The molecule has 0 aliphatic heterocycles. The number of rotatable bonds is 6. The quantitative estimate of drug-likeness (QED) is 0.626. The van der Waals surface area contributed by atoms with Crippen LogP contribution < -0.4 is 9.64 Å². The third-order valence-electron chi connectivity index (χ3n) is 3.63. The third-order valence-corrected chi connectivity index (χ3v) is 4.24. The molecule has 0 saturated heterocycles. The summed E-state index contributed by atoms with van der Waals surface area (Å²) in [7, 11) is 0. The Kier molecular flexibility index (Phi) is 5.28. The van der Waals surface area contributed by atoms with E-state index in [1.54, 1.807) is 12.4 Å². The van der Waals surface area contributed by atoms with Gasteiger partial charge in [0.15, 0.2) is 0 Å². The van der Waals surface area contributed by atoms with Gasteiger partial charge in [0.25, 0.3) is 0 Å². The molecule has 0 aliphatic carbocycles. The van der Waals surface area contributed by atoms with E-state index in [1.165, 1.54) is 0 Å². The normalized spacial score (nSPS) is 10.6. The number of anilines is 1. The smallest absolute Gasteiger partial charge is 0.146 e. The molecule has 1 aromatic heterocycles. The van der Waals surface area contributed by atoms with E-state index in [4.69, 9.17) is 27.9 Å². The van der Waals surface area contributed by atoms with Crippen LogP contribution in [0.2, 0.25) is 10.0 Å². The Labute approximate surface area is 151 Å². The molecule has 1 heterocycles. The van der Waals surface area contributed by atoms with Crippen molar-refractivity contribution in [1.82, 2.24) is 9.97 Å². The molecule has 0 atom stereocenters. The maximum atomic E-state index is 6.40. The van der Waals surface area contributed by atoms with E-state index in [0.717, 1.165) is 24.5 Å². The van der Waals surface area contributed by atoms with Crippen LogP contribution in [0.4, 0.5) is 5.69 Å². The summed E-state index contributed by atoms with van der Waals surface area (Å²) < 4.78 is 5.82. The van der Waals surface area contributed by atoms with Crippen molar-refractivity contribution in [3.63, 3.8) is 0 Å². The number of aromatic nitrogens is 2. The topological polar surface area (TPSA) is 41.2 Å². The van der Waals surface area contributed by atoms with Gasteiger partial charge in [-0.2, -0.15) is 0 Å². The molecule has 0 fully saturated rings. The first kappa shape index (κ1) is 16.7. The number of para-hydroxylation sites is 1. The number of imidazole rings is 1. The van der Waals surface area contributed by atoms with Crippen LogP contribution in [0.15, 0.2) is 55.0 Å². The van der Waals surface area contributed by atoms with E-state index in [0.29, 0.717) is 21.5 Å². The predicted molar refractivity (Wildman–Crippen MR) is 98.3 cm³/mol. The molecule has 0 amide bonds. The summed E-state index contributed by atoms with van der Waals surface area (Å²) in [6.07, 6.45) is 3.50. The summed E-state index contributed by atoms with van der Waals surface area (Å²) >= 11 is 12.5. The average Bonchev–Trinajstić information content (AvgIpc) is 3.09. The van der Waals surface area contributed by atoms with Gasteiger partial charge in [-0.25, -0.2) is 4.98 Å². The summed E-state index contributed by atoms with van der Waals surface area (Å²) in [5.41, 5.74) is 2.06. The molecular formula is C18H17Cl2N3O. The molecule has 6 heteroatoms. The second kappa shape index (κ2) is 7.60. The minimum absolute atomic E-state index is 0.537. The minimum Gasteiger partial charge on any atom is -0.454 e. The molecular weight excluding hydrogens is 345 g/mol. The van der Waals surface area contributed by atoms with Gasteiger partial charge in [-0.3, -0.25) is 0 Å². The van der Waals surface area contributed by atoms with E-state index in [-0.39, 0.29) is 0 Å². The van der Waals surface area contributed by atoms with Crippen molar-refractivity contribution >= 4 is 28.9 Å². The predicted octanol–water partition coefficient (Wildman–Crippen LogP) is 5.54.